The number of hydrogen-bond acceptors (Lipinski definition) is 2. The Kier molecular flexibility index (Phi) is 5.78. The highest BCUT2D eigenvalue weighted by Crippen LogP contribution is 2.11. The van der Waals surface area contributed by atoms with Crippen LogP contribution in [0.25, 0.3) is 0 Å². The average Bonchev–Trinajstić information content (AvgIpc) is 2.28. The highest BCUT2D eigenvalue weighted by molar-refractivity contribution is 5.75. The third-order valence-corrected chi connectivity index (χ3v) is 2.34. The molecule has 15 heavy (non-hydrogen) atoms. The van der Waals surface area contributed by atoms with E-state index in [9.17, 15) is 4.79 Å². The predicted octanol–water partition coefficient (Wildman–Crippen LogP) is 1.81. The lowest BCUT2D eigenvalue weighted by Gasteiger charge is -2.08. The van der Waals surface area contributed by atoms with Gasteiger partial charge in [-0.15, -0.1) is 0 Å². The Hall–Kier alpha value is -1.09. The highest BCUT2D eigenvalue weighted by Gasteiger charge is 2.01. The van der Waals surface area contributed by atoms with Gasteiger partial charge in [-0.3, -0.25) is 4.79 Å². The minimum absolute atomic E-state index is 0.0669. The van der Waals surface area contributed by atoms with E-state index in [1.165, 1.54) is 5.57 Å². The zero-order chi connectivity index (χ0) is 10.9. The van der Waals surface area contributed by atoms with Crippen molar-refractivity contribution in [2.45, 2.75) is 25.7 Å². The molecule has 0 spiro atoms. The van der Waals surface area contributed by atoms with Crippen LogP contribution in [-0.2, 0) is 9.53 Å². The number of rotatable bonds is 6. The summed E-state index contributed by atoms with van der Waals surface area (Å²) in [4.78, 5) is 11.2. The van der Waals surface area contributed by atoms with E-state index in [0.29, 0.717) is 13.0 Å². The van der Waals surface area contributed by atoms with Gasteiger partial charge in [-0.25, -0.2) is 0 Å². The maximum Gasteiger partial charge on any atom is 0.222 e. The van der Waals surface area contributed by atoms with Gasteiger partial charge in [-0.1, -0.05) is 23.8 Å². The van der Waals surface area contributed by atoms with Crippen molar-refractivity contribution in [1.29, 1.82) is 0 Å². The summed E-state index contributed by atoms with van der Waals surface area (Å²) in [5.41, 5.74) is 1.33. The summed E-state index contributed by atoms with van der Waals surface area (Å²) in [5.74, 6) is 0.0669. The fourth-order valence-corrected chi connectivity index (χ4v) is 1.48. The Morgan fingerprint density at radius 1 is 1.53 bits per heavy atom. The molecule has 0 aromatic carbocycles. The molecule has 0 bridgehead atoms. The Bertz CT molecular complexity index is 256. The molecule has 84 valence electrons. The number of hydrogen-bond donors (Lipinski definition) is 1. The summed E-state index contributed by atoms with van der Waals surface area (Å²) in [6, 6.07) is 0. The van der Waals surface area contributed by atoms with Crippen molar-refractivity contribution >= 4 is 5.91 Å². The van der Waals surface area contributed by atoms with E-state index in [4.69, 9.17) is 4.74 Å². The number of amides is 1. The number of carbonyl (C=O) groups is 1. The third kappa shape index (κ3) is 5.37. The van der Waals surface area contributed by atoms with Crippen molar-refractivity contribution in [2.75, 3.05) is 20.3 Å². The lowest BCUT2D eigenvalue weighted by atomic mass is 10.0. The Balaban J connectivity index is 2.07. The van der Waals surface area contributed by atoms with Gasteiger partial charge < -0.3 is 10.1 Å². The molecule has 0 unspecified atom stereocenters. The number of ether oxygens (including phenoxy) is 1. The molecule has 0 heterocycles. The van der Waals surface area contributed by atoms with E-state index in [-0.39, 0.29) is 5.91 Å². The van der Waals surface area contributed by atoms with Crippen LogP contribution in [0.4, 0.5) is 0 Å². The molecule has 0 saturated carbocycles. The van der Waals surface area contributed by atoms with Gasteiger partial charge in [0, 0.05) is 20.1 Å². The van der Waals surface area contributed by atoms with E-state index < -0.39 is 0 Å². The van der Waals surface area contributed by atoms with E-state index >= 15 is 0 Å². The second-order valence-corrected chi connectivity index (χ2v) is 3.60. The largest absolute Gasteiger partial charge is 0.384 e. The number of nitrogens with one attached hydrogen (secondary N) is 1. The van der Waals surface area contributed by atoms with Gasteiger partial charge in [0.15, 0.2) is 0 Å². The molecule has 0 radical (unpaired) electrons. The molecule has 0 aromatic rings. The van der Waals surface area contributed by atoms with Crippen LogP contribution in [-0.4, -0.2) is 26.2 Å². The van der Waals surface area contributed by atoms with Gasteiger partial charge in [0.05, 0.1) is 6.61 Å². The molecular formula is C12H19NO2. The van der Waals surface area contributed by atoms with Crippen LogP contribution in [0.2, 0.25) is 0 Å². The van der Waals surface area contributed by atoms with Crippen molar-refractivity contribution in [3.8, 4) is 0 Å². The molecule has 1 aliphatic carbocycles. The molecule has 0 atom stereocenters. The summed E-state index contributed by atoms with van der Waals surface area (Å²) >= 11 is 0. The maximum atomic E-state index is 11.2. The van der Waals surface area contributed by atoms with Crippen LogP contribution < -0.4 is 5.32 Å². The van der Waals surface area contributed by atoms with E-state index in [2.05, 4.69) is 23.5 Å². The van der Waals surface area contributed by atoms with Crippen molar-refractivity contribution < 1.29 is 9.53 Å². The summed E-state index contributed by atoms with van der Waals surface area (Å²) < 4.78 is 4.83. The minimum Gasteiger partial charge on any atom is -0.384 e. The minimum atomic E-state index is 0.0669. The van der Waals surface area contributed by atoms with E-state index in [1.807, 2.05) is 0 Å². The van der Waals surface area contributed by atoms with Crippen molar-refractivity contribution in [2.24, 2.45) is 0 Å². The molecular weight excluding hydrogens is 190 g/mol. The predicted molar refractivity (Wildman–Crippen MR) is 60.6 cm³/mol. The monoisotopic (exact) mass is 209 g/mol. The van der Waals surface area contributed by atoms with Crippen molar-refractivity contribution in [3.63, 3.8) is 0 Å². The Morgan fingerprint density at radius 2 is 2.40 bits per heavy atom. The molecule has 0 fully saturated rings. The molecule has 0 aliphatic heterocycles. The SMILES string of the molecule is COCCC(=O)NCCC1=CCCC=C1. The second-order valence-electron chi connectivity index (χ2n) is 3.60. The Labute approximate surface area is 91.2 Å². The van der Waals surface area contributed by atoms with Crippen molar-refractivity contribution in [3.05, 3.63) is 23.8 Å². The summed E-state index contributed by atoms with van der Waals surface area (Å²) in [7, 11) is 1.60. The van der Waals surface area contributed by atoms with Gasteiger partial charge in [0.1, 0.15) is 0 Å². The van der Waals surface area contributed by atoms with Gasteiger partial charge in [0.25, 0.3) is 0 Å². The molecule has 3 nitrogen and oxygen atoms in total. The van der Waals surface area contributed by atoms with Crippen LogP contribution in [0.3, 0.4) is 0 Å². The number of allylic oxidation sites excluding steroid dienone is 3. The number of carbonyl (C=O) groups excluding carboxylic acids is 1. The third-order valence-electron chi connectivity index (χ3n) is 2.34. The van der Waals surface area contributed by atoms with Crippen LogP contribution in [0, 0.1) is 0 Å². The molecule has 1 aliphatic rings. The van der Waals surface area contributed by atoms with Gasteiger partial charge in [-0.2, -0.15) is 0 Å². The zero-order valence-electron chi connectivity index (χ0n) is 9.29. The zero-order valence-corrected chi connectivity index (χ0v) is 9.29. The van der Waals surface area contributed by atoms with Crippen LogP contribution in [0.1, 0.15) is 25.7 Å². The first-order valence-electron chi connectivity index (χ1n) is 5.44. The molecule has 0 aromatic heterocycles. The normalized spacial score (nSPS) is 14.9. The van der Waals surface area contributed by atoms with E-state index in [1.54, 1.807) is 7.11 Å². The van der Waals surface area contributed by atoms with Crippen LogP contribution in [0.15, 0.2) is 23.8 Å². The summed E-state index contributed by atoms with van der Waals surface area (Å²) in [5, 5.41) is 2.87. The fourth-order valence-electron chi connectivity index (χ4n) is 1.48. The second kappa shape index (κ2) is 7.23. The van der Waals surface area contributed by atoms with Crippen LogP contribution >= 0.6 is 0 Å². The fraction of sp³-hybridized carbons (Fsp3) is 0.583. The number of methoxy groups -OCH3 is 1. The molecule has 0 saturated heterocycles. The quantitative estimate of drug-likeness (QED) is 0.724. The molecule has 3 heteroatoms. The first kappa shape index (κ1) is 12.0. The smallest absolute Gasteiger partial charge is 0.222 e. The maximum absolute atomic E-state index is 11.2. The lowest BCUT2D eigenvalue weighted by Crippen LogP contribution is -2.25. The first-order valence-corrected chi connectivity index (χ1v) is 5.44. The summed E-state index contributed by atoms with van der Waals surface area (Å²) in [6.07, 6.45) is 10.2. The topological polar surface area (TPSA) is 38.3 Å². The molecule has 1 rings (SSSR count). The first-order chi connectivity index (χ1) is 7.33. The molecule has 1 N–H and O–H groups in total. The van der Waals surface area contributed by atoms with Crippen LogP contribution in [0.5, 0.6) is 0 Å². The van der Waals surface area contributed by atoms with Gasteiger partial charge >= 0.3 is 0 Å². The lowest BCUT2D eigenvalue weighted by molar-refractivity contribution is -0.121. The Morgan fingerprint density at radius 3 is 3.07 bits per heavy atom. The van der Waals surface area contributed by atoms with Gasteiger partial charge in [-0.05, 0) is 19.3 Å². The highest BCUT2D eigenvalue weighted by atomic mass is 16.5. The standard InChI is InChI=1S/C12H19NO2/c1-15-10-8-12(14)13-9-7-11-5-3-2-4-6-11/h3,5-6H,2,4,7-10H2,1H3,(H,13,14). The molecule has 1 amide bonds. The van der Waals surface area contributed by atoms with E-state index in [0.717, 1.165) is 25.8 Å². The van der Waals surface area contributed by atoms with Crippen molar-refractivity contribution in [1.82, 2.24) is 5.32 Å². The van der Waals surface area contributed by atoms with Gasteiger partial charge in [0.2, 0.25) is 5.91 Å². The average molecular weight is 209 g/mol. The summed E-state index contributed by atoms with van der Waals surface area (Å²) in [6.45, 7) is 1.22.